The first-order valence-corrected chi connectivity index (χ1v) is 6.24. The van der Waals surface area contributed by atoms with Gasteiger partial charge in [-0.15, -0.1) is 0 Å². The molecule has 0 aliphatic carbocycles. The Kier molecular flexibility index (Phi) is 6.20. The third-order valence-electron chi connectivity index (χ3n) is 2.01. The van der Waals surface area contributed by atoms with Crippen molar-refractivity contribution in [3.63, 3.8) is 0 Å². The minimum Gasteiger partial charge on any atom is -0.480 e. The van der Waals surface area contributed by atoms with Gasteiger partial charge >= 0.3 is 5.97 Å². The first kappa shape index (κ1) is 13.3. The topological polar surface area (TPSA) is 87.7 Å². The average molecular weight is 248 g/mol. The van der Waals surface area contributed by atoms with Crippen molar-refractivity contribution >= 4 is 23.6 Å². The molecule has 1 fully saturated rings. The molecule has 7 heteroatoms. The Morgan fingerprint density at radius 3 is 3.00 bits per heavy atom. The number of amides is 1. The van der Waals surface area contributed by atoms with Gasteiger partial charge in [0.25, 0.3) is 0 Å². The summed E-state index contributed by atoms with van der Waals surface area (Å²) < 4.78 is 4.79. The van der Waals surface area contributed by atoms with Crippen LogP contribution in [0, 0.1) is 0 Å². The Morgan fingerprint density at radius 2 is 2.38 bits per heavy atom. The van der Waals surface area contributed by atoms with Gasteiger partial charge in [0.2, 0.25) is 5.91 Å². The summed E-state index contributed by atoms with van der Waals surface area (Å²) in [4.78, 5) is 21.7. The maximum absolute atomic E-state index is 11.5. The van der Waals surface area contributed by atoms with Crippen molar-refractivity contribution in [2.45, 2.75) is 6.04 Å². The van der Waals surface area contributed by atoms with Gasteiger partial charge in [0.05, 0.1) is 12.6 Å². The molecule has 0 saturated carbocycles. The lowest BCUT2D eigenvalue weighted by Gasteiger charge is -2.22. The lowest BCUT2D eigenvalue weighted by Crippen LogP contribution is -2.49. The molecule has 92 valence electrons. The number of hydrogen-bond acceptors (Lipinski definition) is 5. The van der Waals surface area contributed by atoms with Crippen molar-refractivity contribution in [3.8, 4) is 0 Å². The maximum Gasteiger partial charge on any atom is 0.329 e. The molecule has 1 rings (SSSR count). The molecule has 3 N–H and O–H groups in total. The fraction of sp³-hybridized carbons (Fsp3) is 0.778. The molecule has 0 spiro atoms. The molecule has 0 aromatic rings. The van der Waals surface area contributed by atoms with Crippen LogP contribution in [-0.2, 0) is 14.3 Å². The Balaban J connectivity index is 2.03. The summed E-state index contributed by atoms with van der Waals surface area (Å²) in [5, 5.41) is 14.1. The quantitative estimate of drug-likeness (QED) is 0.518. The van der Waals surface area contributed by atoms with E-state index < -0.39 is 5.97 Å². The normalized spacial score (nSPS) is 20.4. The van der Waals surface area contributed by atoms with Crippen LogP contribution in [0.5, 0.6) is 0 Å². The number of carboxylic acid groups (broad SMARTS) is 1. The Morgan fingerprint density at radius 1 is 1.56 bits per heavy atom. The first-order chi connectivity index (χ1) is 7.70. The van der Waals surface area contributed by atoms with Crippen molar-refractivity contribution in [2.75, 3.05) is 37.8 Å². The van der Waals surface area contributed by atoms with Crippen molar-refractivity contribution < 1.29 is 19.4 Å². The summed E-state index contributed by atoms with van der Waals surface area (Å²) >= 11 is 1.75. The van der Waals surface area contributed by atoms with Crippen molar-refractivity contribution in [1.82, 2.24) is 10.6 Å². The van der Waals surface area contributed by atoms with Crippen LogP contribution in [0.4, 0.5) is 0 Å². The molecule has 1 unspecified atom stereocenters. The standard InChI is InChI=1S/C9H16N2O4S/c12-8(13)5-15-3-1-11-9(14)7-6-16-4-2-10-7/h7,10H,1-6H2,(H,11,14)(H,12,13). The molecule has 1 heterocycles. The molecule has 1 amide bonds. The van der Waals surface area contributed by atoms with Crippen molar-refractivity contribution in [1.29, 1.82) is 0 Å². The van der Waals surface area contributed by atoms with Crippen LogP contribution >= 0.6 is 11.8 Å². The van der Waals surface area contributed by atoms with Crippen molar-refractivity contribution in [3.05, 3.63) is 0 Å². The van der Waals surface area contributed by atoms with Gasteiger partial charge in [-0.2, -0.15) is 11.8 Å². The SMILES string of the molecule is O=C(O)COCCNC(=O)C1CSCCN1. The van der Waals surface area contributed by atoms with Crippen LogP contribution in [0.25, 0.3) is 0 Å². The highest BCUT2D eigenvalue weighted by atomic mass is 32.2. The Bertz CT molecular complexity index is 244. The first-order valence-electron chi connectivity index (χ1n) is 5.08. The van der Waals surface area contributed by atoms with E-state index in [1.165, 1.54) is 0 Å². The summed E-state index contributed by atoms with van der Waals surface area (Å²) in [5.41, 5.74) is 0. The van der Waals surface area contributed by atoms with Gasteiger partial charge in [0.15, 0.2) is 0 Å². The highest BCUT2D eigenvalue weighted by molar-refractivity contribution is 7.99. The maximum atomic E-state index is 11.5. The van der Waals surface area contributed by atoms with E-state index in [4.69, 9.17) is 9.84 Å². The van der Waals surface area contributed by atoms with E-state index in [2.05, 4.69) is 10.6 Å². The zero-order valence-electron chi connectivity index (χ0n) is 8.90. The molecular weight excluding hydrogens is 232 g/mol. The number of thioether (sulfide) groups is 1. The summed E-state index contributed by atoms with van der Waals surface area (Å²) in [6.45, 7) is 1.08. The predicted molar refractivity (Wildman–Crippen MR) is 60.6 cm³/mol. The minimum absolute atomic E-state index is 0.0499. The van der Waals surface area contributed by atoms with Gasteiger partial charge in [-0.05, 0) is 0 Å². The average Bonchev–Trinajstić information content (AvgIpc) is 2.29. The second-order valence-corrected chi connectivity index (χ2v) is 4.47. The van der Waals surface area contributed by atoms with E-state index in [9.17, 15) is 9.59 Å². The highest BCUT2D eigenvalue weighted by Crippen LogP contribution is 2.07. The minimum atomic E-state index is -1.00. The van der Waals surface area contributed by atoms with Crippen LogP contribution < -0.4 is 10.6 Å². The molecule has 6 nitrogen and oxygen atoms in total. The molecule has 1 atom stereocenters. The second-order valence-electron chi connectivity index (χ2n) is 3.32. The largest absolute Gasteiger partial charge is 0.480 e. The van der Waals surface area contributed by atoms with E-state index in [0.29, 0.717) is 6.54 Å². The summed E-state index contributed by atoms with van der Waals surface area (Å²) in [5.74, 6) is 0.760. The number of hydrogen-bond donors (Lipinski definition) is 3. The number of ether oxygens (including phenoxy) is 1. The molecule has 16 heavy (non-hydrogen) atoms. The van der Waals surface area contributed by atoms with E-state index in [1.54, 1.807) is 11.8 Å². The lowest BCUT2D eigenvalue weighted by atomic mass is 10.3. The monoisotopic (exact) mass is 248 g/mol. The van der Waals surface area contributed by atoms with Crippen LogP contribution in [0.15, 0.2) is 0 Å². The number of carboxylic acids is 1. The predicted octanol–water partition coefficient (Wildman–Crippen LogP) is -1.09. The zero-order chi connectivity index (χ0) is 11.8. The third-order valence-corrected chi connectivity index (χ3v) is 3.07. The molecule has 1 aliphatic heterocycles. The number of nitrogens with one attached hydrogen (secondary N) is 2. The number of rotatable bonds is 6. The van der Waals surface area contributed by atoms with Gasteiger partial charge in [-0.1, -0.05) is 0 Å². The summed E-state index contributed by atoms with van der Waals surface area (Å²) in [7, 11) is 0. The second kappa shape index (κ2) is 7.48. The summed E-state index contributed by atoms with van der Waals surface area (Å²) in [6, 6.07) is -0.141. The highest BCUT2D eigenvalue weighted by Gasteiger charge is 2.19. The van der Waals surface area contributed by atoms with Crippen LogP contribution in [0.3, 0.4) is 0 Å². The van der Waals surface area contributed by atoms with Gasteiger partial charge < -0.3 is 20.5 Å². The molecule has 0 radical (unpaired) electrons. The van der Waals surface area contributed by atoms with Crippen LogP contribution in [0.1, 0.15) is 0 Å². The Hall–Kier alpha value is -0.790. The van der Waals surface area contributed by atoms with E-state index in [1.807, 2.05) is 0 Å². The smallest absolute Gasteiger partial charge is 0.329 e. The Labute approximate surface area is 98.1 Å². The summed E-state index contributed by atoms with van der Waals surface area (Å²) in [6.07, 6.45) is 0. The molecule has 1 aliphatic rings. The molecule has 0 aromatic heterocycles. The van der Waals surface area contributed by atoms with E-state index >= 15 is 0 Å². The zero-order valence-corrected chi connectivity index (χ0v) is 9.72. The van der Waals surface area contributed by atoms with Gasteiger partial charge in [0.1, 0.15) is 6.61 Å². The number of carbonyl (C=O) groups is 2. The third kappa shape index (κ3) is 5.34. The molecule has 1 saturated heterocycles. The number of aliphatic carboxylic acids is 1. The molecule has 0 bridgehead atoms. The van der Waals surface area contributed by atoms with Crippen LogP contribution in [-0.4, -0.2) is 60.8 Å². The molecule has 0 aromatic carbocycles. The van der Waals surface area contributed by atoms with Crippen molar-refractivity contribution in [2.24, 2.45) is 0 Å². The van der Waals surface area contributed by atoms with E-state index in [-0.39, 0.29) is 25.2 Å². The van der Waals surface area contributed by atoms with Crippen LogP contribution in [0.2, 0.25) is 0 Å². The fourth-order valence-corrected chi connectivity index (χ4v) is 2.20. The van der Waals surface area contributed by atoms with Gasteiger partial charge in [-0.25, -0.2) is 4.79 Å². The molecular formula is C9H16N2O4S. The number of carbonyl (C=O) groups excluding carboxylic acids is 1. The van der Waals surface area contributed by atoms with Gasteiger partial charge in [0, 0.05) is 24.6 Å². The van der Waals surface area contributed by atoms with E-state index in [0.717, 1.165) is 18.1 Å². The lowest BCUT2D eigenvalue weighted by molar-refractivity contribution is -0.142. The fourth-order valence-electron chi connectivity index (χ4n) is 1.26. The van der Waals surface area contributed by atoms with Gasteiger partial charge in [-0.3, -0.25) is 4.79 Å².